The Morgan fingerprint density at radius 1 is 1.27 bits per heavy atom. The first-order valence-corrected chi connectivity index (χ1v) is 5.38. The fourth-order valence-corrected chi connectivity index (χ4v) is 2.29. The lowest BCUT2D eigenvalue weighted by molar-refractivity contribution is -0.141. The van der Waals surface area contributed by atoms with Gasteiger partial charge in [-0.05, 0) is 31.8 Å². The van der Waals surface area contributed by atoms with Crippen LogP contribution in [0.25, 0.3) is 0 Å². The van der Waals surface area contributed by atoms with Gasteiger partial charge in [0.1, 0.15) is 0 Å². The summed E-state index contributed by atoms with van der Waals surface area (Å²) in [4.78, 5) is 13.7. The van der Waals surface area contributed by atoms with Crippen molar-refractivity contribution in [1.29, 1.82) is 0 Å². The van der Waals surface area contributed by atoms with E-state index in [4.69, 9.17) is 0 Å². The maximum atomic E-state index is 12.0. The van der Waals surface area contributed by atoms with Crippen molar-refractivity contribution in [1.82, 2.24) is 10.2 Å². The lowest BCUT2D eigenvalue weighted by atomic mass is 9.73. The summed E-state index contributed by atoms with van der Waals surface area (Å²) in [5, 5.41) is 3.33. The Bertz CT molecular complexity index is 211. The Morgan fingerprint density at radius 2 is 1.73 bits per heavy atom. The molecule has 0 unspecified atom stereocenters. The quantitative estimate of drug-likeness (QED) is 0.786. The largest absolute Gasteiger partial charge is 0.348 e. The number of nitrogens with one attached hydrogen (secondary N) is 1. The summed E-state index contributed by atoms with van der Waals surface area (Å²) in [5.74, 6) is 0.781. The molecule has 0 atom stereocenters. The fourth-order valence-electron chi connectivity index (χ4n) is 2.29. The van der Waals surface area contributed by atoms with Gasteiger partial charge in [-0.1, -0.05) is 13.8 Å². The third-order valence-electron chi connectivity index (χ3n) is 3.32. The van der Waals surface area contributed by atoms with Crippen LogP contribution in [0.1, 0.15) is 26.7 Å². The molecule has 1 N–H and O–H groups in total. The van der Waals surface area contributed by atoms with Crippen molar-refractivity contribution in [2.24, 2.45) is 11.3 Å². The minimum atomic E-state index is -0.203. The summed E-state index contributed by atoms with van der Waals surface area (Å²) in [5.41, 5.74) is -0.203. The number of hydrogen-bond acceptors (Lipinski definition) is 2. The van der Waals surface area contributed by atoms with Crippen LogP contribution in [-0.2, 0) is 4.79 Å². The second-order valence-electron chi connectivity index (χ2n) is 4.95. The highest BCUT2D eigenvalue weighted by atomic mass is 35.5. The molecule has 4 heteroatoms. The Balaban J connectivity index is 0.00000196. The Morgan fingerprint density at radius 3 is 2.13 bits per heavy atom. The molecule has 90 valence electrons. The van der Waals surface area contributed by atoms with Gasteiger partial charge >= 0.3 is 0 Å². The summed E-state index contributed by atoms with van der Waals surface area (Å²) >= 11 is 0. The Hall–Kier alpha value is -0.280. The van der Waals surface area contributed by atoms with Crippen LogP contribution in [0, 0.1) is 11.3 Å². The average Bonchev–Trinajstić information content (AvgIpc) is 2.18. The minimum Gasteiger partial charge on any atom is -0.348 e. The van der Waals surface area contributed by atoms with Gasteiger partial charge in [-0.15, -0.1) is 12.4 Å². The molecule has 0 saturated carbocycles. The molecule has 1 aliphatic rings. The van der Waals surface area contributed by atoms with E-state index >= 15 is 0 Å². The van der Waals surface area contributed by atoms with E-state index in [0.29, 0.717) is 5.92 Å². The third kappa shape index (κ3) is 3.35. The van der Waals surface area contributed by atoms with Crippen molar-refractivity contribution in [3.05, 3.63) is 0 Å². The Kier molecular flexibility index (Phi) is 5.60. The van der Waals surface area contributed by atoms with Crippen molar-refractivity contribution in [3.8, 4) is 0 Å². The standard InChI is InChI=1S/C11H22N2O.ClH/c1-11(2,10(14)13(3)4)9-5-7-12-8-6-9;/h9,12H,5-8H2,1-4H3;1H. The van der Waals surface area contributed by atoms with Crippen LogP contribution < -0.4 is 5.32 Å². The first-order valence-electron chi connectivity index (χ1n) is 5.38. The number of carbonyl (C=O) groups excluding carboxylic acids is 1. The fraction of sp³-hybridized carbons (Fsp3) is 0.909. The predicted molar refractivity (Wildman–Crippen MR) is 65.3 cm³/mol. The third-order valence-corrected chi connectivity index (χ3v) is 3.32. The summed E-state index contributed by atoms with van der Waals surface area (Å²) in [6.07, 6.45) is 2.24. The highest BCUT2D eigenvalue weighted by Gasteiger charge is 2.37. The van der Waals surface area contributed by atoms with Crippen molar-refractivity contribution < 1.29 is 4.79 Å². The van der Waals surface area contributed by atoms with Crippen LogP contribution in [0.3, 0.4) is 0 Å². The van der Waals surface area contributed by atoms with Crippen LogP contribution in [0.2, 0.25) is 0 Å². The van der Waals surface area contributed by atoms with Gasteiger partial charge in [0.15, 0.2) is 0 Å². The van der Waals surface area contributed by atoms with Crippen LogP contribution in [0.4, 0.5) is 0 Å². The first-order chi connectivity index (χ1) is 6.46. The van der Waals surface area contributed by atoms with Crippen molar-refractivity contribution in [3.63, 3.8) is 0 Å². The van der Waals surface area contributed by atoms with E-state index < -0.39 is 0 Å². The van der Waals surface area contributed by atoms with Crippen molar-refractivity contribution in [2.75, 3.05) is 27.2 Å². The number of hydrogen-bond donors (Lipinski definition) is 1. The maximum absolute atomic E-state index is 12.0. The molecule has 0 aromatic heterocycles. The Labute approximate surface area is 99.0 Å². The van der Waals surface area contributed by atoms with Gasteiger partial charge in [0, 0.05) is 19.5 Å². The molecule has 1 aliphatic heterocycles. The number of piperidine rings is 1. The van der Waals surface area contributed by atoms with E-state index in [1.54, 1.807) is 4.90 Å². The van der Waals surface area contributed by atoms with E-state index in [9.17, 15) is 4.79 Å². The van der Waals surface area contributed by atoms with Crippen molar-refractivity contribution in [2.45, 2.75) is 26.7 Å². The highest BCUT2D eigenvalue weighted by Crippen LogP contribution is 2.34. The van der Waals surface area contributed by atoms with Gasteiger partial charge in [0.05, 0.1) is 0 Å². The minimum absolute atomic E-state index is 0. The second kappa shape index (κ2) is 5.71. The molecule has 1 fully saturated rings. The summed E-state index contributed by atoms with van der Waals surface area (Å²) in [7, 11) is 3.68. The van der Waals surface area contributed by atoms with Gasteiger partial charge in [-0.2, -0.15) is 0 Å². The van der Waals surface area contributed by atoms with Gasteiger partial charge in [-0.25, -0.2) is 0 Å². The van der Waals surface area contributed by atoms with E-state index in [0.717, 1.165) is 25.9 Å². The molecule has 1 heterocycles. The number of halogens is 1. The monoisotopic (exact) mass is 234 g/mol. The number of carbonyl (C=O) groups is 1. The molecule has 15 heavy (non-hydrogen) atoms. The average molecular weight is 235 g/mol. The molecule has 0 spiro atoms. The summed E-state index contributed by atoms with van der Waals surface area (Å²) in [6.45, 7) is 6.25. The van der Waals surface area contributed by atoms with E-state index in [-0.39, 0.29) is 23.7 Å². The molecule has 0 radical (unpaired) electrons. The van der Waals surface area contributed by atoms with Gasteiger partial charge < -0.3 is 10.2 Å². The van der Waals surface area contributed by atoms with Gasteiger partial charge in [0.2, 0.25) is 5.91 Å². The second-order valence-corrected chi connectivity index (χ2v) is 4.95. The molecule has 1 rings (SSSR count). The number of nitrogens with zero attached hydrogens (tertiary/aromatic N) is 1. The van der Waals surface area contributed by atoms with Gasteiger partial charge in [-0.3, -0.25) is 4.79 Å². The SMILES string of the molecule is CN(C)C(=O)C(C)(C)C1CCNCC1.Cl. The molecular formula is C11H23ClN2O. The van der Waals surface area contributed by atoms with Crippen LogP contribution in [0.15, 0.2) is 0 Å². The predicted octanol–water partition coefficient (Wildman–Crippen LogP) is 1.52. The van der Waals surface area contributed by atoms with E-state index in [1.807, 2.05) is 14.1 Å². The normalized spacial score (nSPS) is 18.1. The molecule has 1 saturated heterocycles. The van der Waals surface area contributed by atoms with E-state index in [1.165, 1.54) is 0 Å². The first kappa shape index (κ1) is 14.7. The van der Waals surface area contributed by atoms with Crippen molar-refractivity contribution >= 4 is 18.3 Å². The zero-order valence-corrected chi connectivity index (χ0v) is 11.0. The molecule has 3 nitrogen and oxygen atoms in total. The smallest absolute Gasteiger partial charge is 0.227 e. The summed E-state index contributed by atoms with van der Waals surface area (Å²) in [6, 6.07) is 0. The lowest BCUT2D eigenvalue weighted by Gasteiger charge is -2.37. The number of rotatable bonds is 2. The molecule has 0 aromatic rings. The zero-order valence-electron chi connectivity index (χ0n) is 10.2. The molecule has 1 amide bonds. The number of amides is 1. The van der Waals surface area contributed by atoms with Crippen LogP contribution in [0.5, 0.6) is 0 Å². The topological polar surface area (TPSA) is 32.3 Å². The van der Waals surface area contributed by atoms with Gasteiger partial charge in [0.25, 0.3) is 0 Å². The molecule has 0 aromatic carbocycles. The van der Waals surface area contributed by atoms with Crippen LogP contribution >= 0.6 is 12.4 Å². The maximum Gasteiger partial charge on any atom is 0.227 e. The zero-order chi connectivity index (χ0) is 10.8. The lowest BCUT2D eigenvalue weighted by Crippen LogP contribution is -2.45. The van der Waals surface area contributed by atoms with E-state index in [2.05, 4.69) is 19.2 Å². The molecular weight excluding hydrogens is 212 g/mol. The molecule has 0 aliphatic carbocycles. The highest BCUT2D eigenvalue weighted by molar-refractivity contribution is 5.85. The molecule has 0 bridgehead atoms. The summed E-state index contributed by atoms with van der Waals surface area (Å²) < 4.78 is 0. The van der Waals surface area contributed by atoms with Crippen LogP contribution in [-0.4, -0.2) is 38.0 Å².